The van der Waals surface area contributed by atoms with Gasteiger partial charge in [0.2, 0.25) is 5.82 Å². The predicted molar refractivity (Wildman–Crippen MR) is 76.7 cm³/mol. The lowest BCUT2D eigenvalue weighted by molar-refractivity contribution is 0.0950. The van der Waals surface area contributed by atoms with Crippen molar-refractivity contribution < 1.29 is 9.21 Å². The second-order valence-corrected chi connectivity index (χ2v) is 4.65. The van der Waals surface area contributed by atoms with Crippen molar-refractivity contribution in [2.24, 2.45) is 0 Å². The summed E-state index contributed by atoms with van der Waals surface area (Å²) in [4.78, 5) is 16.2. The van der Waals surface area contributed by atoms with Gasteiger partial charge in [-0.1, -0.05) is 23.7 Å². The fraction of sp³-hybridized carbons (Fsp3) is 0.0714. The molecule has 0 radical (unpaired) electrons. The van der Waals surface area contributed by atoms with Gasteiger partial charge in [0, 0.05) is 0 Å². The average Bonchev–Trinajstić information content (AvgIpc) is 3.16. The molecule has 7 heteroatoms. The average molecular weight is 303 g/mol. The Morgan fingerprint density at radius 1 is 1.29 bits per heavy atom. The number of aromatic amines is 1. The number of benzene rings is 1. The first-order valence-corrected chi connectivity index (χ1v) is 6.60. The highest BCUT2D eigenvalue weighted by Crippen LogP contribution is 2.16. The van der Waals surface area contributed by atoms with Crippen LogP contribution in [0.4, 0.5) is 0 Å². The van der Waals surface area contributed by atoms with Crippen LogP contribution in [0, 0.1) is 0 Å². The lowest BCUT2D eigenvalue weighted by Crippen LogP contribution is -2.23. The third kappa shape index (κ3) is 2.95. The molecule has 0 aliphatic carbocycles. The van der Waals surface area contributed by atoms with Gasteiger partial charge >= 0.3 is 0 Å². The van der Waals surface area contributed by atoms with Crippen molar-refractivity contribution in [2.45, 2.75) is 6.54 Å². The minimum Gasteiger partial charge on any atom is -0.461 e. The SMILES string of the molecule is O=C(NCc1nc(-c2ccco2)n[nH]1)c1ccccc1Cl. The molecule has 106 valence electrons. The van der Waals surface area contributed by atoms with Gasteiger partial charge in [0.05, 0.1) is 23.4 Å². The van der Waals surface area contributed by atoms with Gasteiger partial charge < -0.3 is 9.73 Å². The highest BCUT2D eigenvalue weighted by molar-refractivity contribution is 6.33. The van der Waals surface area contributed by atoms with E-state index in [1.54, 1.807) is 42.7 Å². The smallest absolute Gasteiger partial charge is 0.253 e. The Morgan fingerprint density at radius 2 is 2.14 bits per heavy atom. The molecule has 2 aromatic heterocycles. The summed E-state index contributed by atoms with van der Waals surface area (Å²) in [5, 5.41) is 9.90. The summed E-state index contributed by atoms with van der Waals surface area (Å²) >= 11 is 5.96. The van der Waals surface area contributed by atoms with E-state index in [0.717, 1.165) is 0 Å². The van der Waals surface area contributed by atoms with Crippen LogP contribution in [0.3, 0.4) is 0 Å². The van der Waals surface area contributed by atoms with Crippen molar-refractivity contribution in [3.05, 3.63) is 59.1 Å². The summed E-state index contributed by atoms with van der Waals surface area (Å²) in [5.41, 5.74) is 0.421. The highest BCUT2D eigenvalue weighted by Gasteiger charge is 2.11. The quantitative estimate of drug-likeness (QED) is 0.776. The van der Waals surface area contributed by atoms with Crippen LogP contribution in [0.2, 0.25) is 5.02 Å². The van der Waals surface area contributed by atoms with Crippen LogP contribution in [0.1, 0.15) is 16.2 Å². The number of amides is 1. The zero-order chi connectivity index (χ0) is 14.7. The van der Waals surface area contributed by atoms with Crippen LogP contribution in [-0.4, -0.2) is 21.1 Å². The van der Waals surface area contributed by atoms with Crippen molar-refractivity contribution >= 4 is 17.5 Å². The van der Waals surface area contributed by atoms with E-state index in [4.69, 9.17) is 16.0 Å². The van der Waals surface area contributed by atoms with E-state index in [1.807, 2.05) is 0 Å². The molecule has 6 nitrogen and oxygen atoms in total. The molecule has 0 aliphatic rings. The Kier molecular flexibility index (Phi) is 3.70. The van der Waals surface area contributed by atoms with Gasteiger partial charge in [-0.2, -0.15) is 0 Å². The summed E-state index contributed by atoms with van der Waals surface area (Å²) in [6.07, 6.45) is 1.55. The van der Waals surface area contributed by atoms with E-state index >= 15 is 0 Å². The second-order valence-electron chi connectivity index (χ2n) is 4.25. The molecular weight excluding hydrogens is 292 g/mol. The van der Waals surface area contributed by atoms with E-state index < -0.39 is 0 Å². The molecule has 0 aliphatic heterocycles. The molecule has 0 fully saturated rings. The summed E-state index contributed by atoms with van der Waals surface area (Å²) in [6, 6.07) is 10.4. The summed E-state index contributed by atoms with van der Waals surface area (Å²) in [6.45, 7) is 0.220. The number of nitrogens with zero attached hydrogens (tertiary/aromatic N) is 2. The molecule has 0 saturated heterocycles. The number of carbonyl (C=O) groups is 1. The maximum Gasteiger partial charge on any atom is 0.253 e. The number of H-pyrrole nitrogens is 1. The van der Waals surface area contributed by atoms with Crippen molar-refractivity contribution in [3.63, 3.8) is 0 Å². The molecule has 0 atom stereocenters. The van der Waals surface area contributed by atoms with Crippen LogP contribution in [0.25, 0.3) is 11.6 Å². The number of nitrogens with one attached hydrogen (secondary N) is 2. The first-order valence-electron chi connectivity index (χ1n) is 6.22. The van der Waals surface area contributed by atoms with Crippen LogP contribution in [0.5, 0.6) is 0 Å². The van der Waals surface area contributed by atoms with Crippen LogP contribution < -0.4 is 5.32 Å². The summed E-state index contributed by atoms with van der Waals surface area (Å²) in [5.74, 6) is 1.27. The molecule has 0 unspecified atom stereocenters. The van der Waals surface area contributed by atoms with E-state index in [0.29, 0.717) is 28.0 Å². The van der Waals surface area contributed by atoms with Gasteiger partial charge in [0.1, 0.15) is 5.82 Å². The maximum atomic E-state index is 12.0. The molecule has 1 aromatic carbocycles. The lowest BCUT2D eigenvalue weighted by Gasteiger charge is -2.04. The minimum absolute atomic E-state index is 0.220. The molecule has 0 saturated carbocycles. The molecule has 0 spiro atoms. The minimum atomic E-state index is -0.267. The van der Waals surface area contributed by atoms with Crippen LogP contribution in [0.15, 0.2) is 47.1 Å². The number of hydrogen-bond donors (Lipinski definition) is 2. The van der Waals surface area contributed by atoms with E-state index in [9.17, 15) is 4.79 Å². The summed E-state index contributed by atoms with van der Waals surface area (Å²) < 4.78 is 5.19. The molecule has 2 N–H and O–H groups in total. The number of carbonyl (C=O) groups excluding carboxylic acids is 1. The van der Waals surface area contributed by atoms with E-state index in [1.165, 1.54) is 0 Å². The van der Waals surface area contributed by atoms with Gasteiger partial charge in [0.15, 0.2) is 5.76 Å². The van der Waals surface area contributed by atoms with E-state index in [-0.39, 0.29) is 12.5 Å². The number of rotatable bonds is 4. The predicted octanol–water partition coefficient (Wildman–Crippen LogP) is 2.65. The Bertz CT molecular complexity index is 752. The third-order valence-corrected chi connectivity index (χ3v) is 3.14. The third-order valence-electron chi connectivity index (χ3n) is 2.81. The highest BCUT2D eigenvalue weighted by atomic mass is 35.5. The zero-order valence-electron chi connectivity index (χ0n) is 10.8. The molecule has 0 bridgehead atoms. The Hall–Kier alpha value is -2.60. The van der Waals surface area contributed by atoms with Gasteiger partial charge in [-0.25, -0.2) is 4.98 Å². The first kappa shape index (κ1) is 13.4. The molecule has 1 amide bonds. The molecule has 3 aromatic rings. The first-order chi connectivity index (χ1) is 10.2. The topological polar surface area (TPSA) is 83.8 Å². The fourth-order valence-electron chi connectivity index (χ4n) is 1.79. The Balaban J connectivity index is 1.66. The maximum absolute atomic E-state index is 12.0. The van der Waals surface area contributed by atoms with Crippen molar-refractivity contribution in [3.8, 4) is 11.6 Å². The van der Waals surface area contributed by atoms with Crippen molar-refractivity contribution in [2.75, 3.05) is 0 Å². The second kappa shape index (κ2) is 5.80. The van der Waals surface area contributed by atoms with Gasteiger partial charge in [-0.15, -0.1) is 5.10 Å². The Labute approximate surface area is 125 Å². The van der Waals surface area contributed by atoms with Gasteiger partial charge in [-0.3, -0.25) is 9.89 Å². The number of aromatic nitrogens is 3. The molecule has 21 heavy (non-hydrogen) atoms. The standard InChI is InChI=1S/C14H11ClN4O2/c15-10-5-2-1-4-9(10)14(20)16-8-12-17-13(19-18-12)11-6-3-7-21-11/h1-7H,8H2,(H,16,20)(H,17,18,19). The lowest BCUT2D eigenvalue weighted by atomic mass is 10.2. The molecule has 3 rings (SSSR count). The molecular formula is C14H11ClN4O2. The number of hydrogen-bond acceptors (Lipinski definition) is 4. The summed E-state index contributed by atoms with van der Waals surface area (Å²) in [7, 11) is 0. The van der Waals surface area contributed by atoms with Crippen LogP contribution in [-0.2, 0) is 6.54 Å². The molecule has 2 heterocycles. The zero-order valence-corrected chi connectivity index (χ0v) is 11.6. The largest absolute Gasteiger partial charge is 0.461 e. The van der Waals surface area contributed by atoms with E-state index in [2.05, 4.69) is 20.5 Å². The van der Waals surface area contributed by atoms with Gasteiger partial charge in [0.25, 0.3) is 5.91 Å². The Morgan fingerprint density at radius 3 is 2.90 bits per heavy atom. The number of furan rings is 1. The van der Waals surface area contributed by atoms with Crippen molar-refractivity contribution in [1.82, 2.24) is 20.5 Å². The monoisotopic (exact) mass is 302 g/mol. The fourth-order valence-corrected chi connectivity index (χ4v) is 2.02. The van der Waals surface area contributed by atoms with Crippen molar-refractivity contribution in [1.29, 1.82) is 0 Å². The number of halogens is 1. The van der Waals surface area contributed by atoms with Gasteiger partial charge in [-0.05, 0) is 24.3 Å². The van der Waals surface area contributed by atoms with Crippen LogP contribution >= 0.6 is 11.6 Å². The normalized spacial score (nSPS) is 10.5.